The molecule has 2 aliphatic rings. The van der Waals surface area contributed by atoms with Gasteiger partial charge in [-0.05, 0) is 43.4 Å². The van der Waals surface area contributed by atoms with E-state index in [1.165, 1.54) is 5.56 Å². The quantitative estimate of drug-likeness (QED) is 0.474. The summed E-state index contributed by atoms with van der Waals surface area (Å²) in [5.41, 5.74) is 1.29. The minimum Gasteiger partial charge on any atom is -0.368 e. The van der Waals surface area contributed by atoms with Gasteiger partial charge in [-0.3, -0.25) is 9.79 Å². The normalized spacial score (nSPS) is 20.8. The van der Waals surface area contributed by atoms with Crippen LogP contribution in [-0.2, 0) is 16.0 Å². The van der Waals surface area contributed by atoms with Crippen LogP contribution < -0.4 is 5.32 Å². The number of carbonyl (C=O) groups is 1. The molecule has 0 radical (unpaired) electrons. The highest BCUT2D eigenvalue weighted by Crippen LogP contribution is 2.16. The van der Waals surface area contributed by atoms with Gasteiger partial charge in [-0.2, -0.15) is 0 Å². The molecule has 7 heteroatoms. The first-order valence-corrected chi connectivity index (χ1v) is 10.2. The summed E-state index contributed by atoms with van der Waals surface area (Å²) >= 11 is 5.92. The number of rotatable bonds is 5. The van der Waals surface area contributed by atoms with Crippen molar-refractivity contribution in [1.82, 2.24) is 15.1 Å². The van der Waals surface area contributed by atoms with Crippen molar-refractivity contribution in [2.45, 2.75) is 31.8 Å². The second-order valence-corrected chi connectivity index (χ2v) is 7.45. The summed E-state index contributed by atoms with van der Waals surface area (Å²) in [7, 11) is 1.81. The number of hydrogen-bond acceptors (Lipinski definition) is 3. The summed E-state index contributed by atoms with van der Waals surface area (Å²) in [6, 6.07) is 8.00. The summed E-state index contributed by atoms with van der Waals surface area (Å²) in [6.45, 7) is 4.63. The lowest BCUT2D eigenvalue weighted by atomic mass is 10.1. The topological polar surface area (TPSA) is 57.2 Å². The number of aliphatic imine (C=N–C) groups is 1. The van der Waals surface area contributed by atoms with E-state index in [0.29, 0.717) is 6.61 Å². The maximum Gasteiger partial charge on any atom is 0.251 e. The summed E-state index contributed by atoms with van der Waals surface area (Å²) in [5, 5.41) is 4.21. The van der Waals surface area contributed by atoms with Crippen molar-refractivity contribution in [3.63, 3.8) is 0 Å². The van der Waals surface area contributed by atoms with E-state index in [1.54, 1.807) is 0 Å². The number of piperazine rings is 1. The van der Waals surface area contributed by atoms with Gasteiger partial charge in [-0.25, -0.2) is 0 Å². The average Bonchev–Trinajstić information content (AvgIpc) is 3.24. The van der Waals surface area contributed by atoms with E-state index in [1.807, 2.05) is 24.1 Å². The number of ether oxygens (including phenoxy) is 1. The number of nitrogens with zero attached hydrogens (tertiary/aromatic N) is 3. The largest absolute Gasteiger partial charge is 0.368 e. The van der Waals surface area contributed by atoms with Gasteiger partial charge in [0, 0.05) is 51.4 Å². The molecule has 0 bridgehead atoms. The third kappa shape index (κ3) is 5.59. The number of hydrogen-bond donors (Lipinski definition) is 1. The SMILES string of the molecule is CN=C(NCCCc1ccc(Cl)cc1)N1CCN(C(=O)C2CCCO2)CC1. The highest BCUT2D eigenvalue weighted by Gasteiger charge is 2.30. The van der Waals surface area contributed by atoms with Gasteiger partial charge in [0.25, 0.3) is 5.91 Å². The van der Waals surface area contributed by atoms with Crippen LogP contribution in [0.3, 0.4) is 0 Å². The fourth-order valence-electron chi connectivity index (χ4n) is 3.59. The Balaban J connectivity index is 1.38. The molecular formula is C20H29ClN4O2. The number of aryl methyl sites for hydroxylation is 1. The fraction of sp³-hybridized carbons (Fsp3) is 0.600. The first-order chi connectivity index (χ1) is 13.2. The minimum atomic E-state index is -0.221. The molecule has 1 unspecified atom stereocenters. The van der Waals surface area contributed by atoms with E-state index in [9.17, 15) is 4.79 Å². The summed E-state index contributed by atoms with van der Waals surface area (Å²) in [6.07, 6.45) is 3.66. The van der Waals surface area contributed by atoms with Crippen molar-refractivity contribution in [3.05, 3.63) is 34.9 Å². The monoisotopic (exact) mass is 392 g/mol. The highest BCUT2D eigenvalue weighted by molar-refractivity contribution is 6.30. The van der Waals surface area contributed by atoms with Gasteiger partial charge < -0.3 is 19.9 Å². The molecule has 1 N–H and O–H groups in total. The van der Waals surface area contributed by atoms with Crippen LogP contribution in [0.4, 0.5) is 0 Å². The van der Waals surface area contributed by atoms with Crippen LogP contribution in [0, 0.1) is 0 Å². The zero-order chi connectivity index (χ0) is 19.1. The smallest absolute Gasteiger partial charge is 0.251 e. The van der Waals surface area contributed by atoms with E-state index >= 15 is 0 Å². The number of amides is 1. The van der Waals surface area contributed by atoms with Gasteiger partial charge in [-0.15, -0.1) is 0 Å². The molecule has 1 atom stereocenters. The van der Waals surface area contributed by atoms with Gasteiger partial charge >= 0.3 is 0 Å². The summed E-state index contributed by atoms with van der Waals surface area (Å²) < 4.78 is 5.52. The van der Waals surface area contributed by atoms with Gasteiger partial charge in [0.15, 0.2) is 5.96 Å². The molecule has 2 fully saturated rings. The molecule has 2 saturated heterocycles. The van der Waals surface area contributed by atoms with E-state index in [0.717, 1.165) is 69.4 Å². The van der Waals surface area contributed by atoms with E-state index < -0.39 is 0 Å². The Labute approximate surface area is 166 Å². The predicted molar refractivity (Wildman–Crippen MR) is 108 cm³/mol. The zero-order valence-electron chi connectivity index (χ0n) is 16.0. The van der Waals surface area contributed by atoms with Crippen molar-refractivity contribution < 1.29 is 9.53 Å². The van der Waals surface area contributed by atoms with Crippen molar-refractivity contribution >= 4 is 23.5 Å². The summed E-state index contributed by atoms with van der Waals surface area (Å²) in [5.74, 6) is 1.06. The first kappa shape index (κ1) is 20.0. The van der Waals surface area contributed by atoms with Crippen LogP contribution in [0.1, 0.15) is 24.8 Å². The maximum absolute atomic E-state index is 12.4. The Morgan fingerprint density at radius 2 is 1.93 bits per heavy atom. The van der Waals surface area contributed by atoms with E-state index in [-0.39, 0.29) is 12.0 Å². The maximum atomic E-state index is 12.4. The molecule has 6 nitrogen and oxygen atoms in total. The number of carbonyl (C=O) groups excluding carboxylic acids is 1. The lowest BCUT2D eigenvalue weighted by molar-refractivity contribution is -0.142. The minimum absolute atomic E-state index is 0.151. The molecular weight excluding hydrogens is 364 g/mol. The Kier molecular flexibility index (Phi) is 7.35. The van der Waals surface area contributed by atoms with Crippen LogP contribution in [0.15, 0.2) is 29.3 Å². The van der Waals surface area contributed by atoms with E-state index in [4.69, 9.17) is 16.3 Å². The summed E-state index contributed by atoms with van der Waals surface area (Å²) in [4.78, 5) is 21.0. The second kappa shape index (κ2) is 9.95. The van der Waals surface area contributed by atoms with E-state index in [2.05, 4.69) is 27.3 Å². The lowest BCUT2D eigenvalue weighted by Crippen LogP contribution is -2.55. The van der Waals surface area contributed by atoms with Crippen LogP contribution in [-0.4, -0.2) is 74.1 Å². The molecule has 1 amide bonds. The van der Waals surface area contributed by atoms with Crippen LogP contribution in [0.25, 0.3) is 0 Å². The third-order valence-electron chi connectivity index (χ3n) is 5.15. The third-order valence-corrected chi connectivity index (χ3v) is 5.40. The van der Waals surface area contributed by atoms with Gasteiger partial charge in [0.1, 0.15) is 6.10 Å². The number of benzene rings is 1. The molecule has 148 valence electrons. The Morgan fingerprint density at radius 1 is 1.22 bits per heavy atom. The second-order valence-electron chi connectivity index (χ2n) is 7.02. The Morgan fingerprint density at radius 3 is 2.56 bits per heavy atom. The van der Waals surface area contributed by atoms with Crippen LogP contribution in [0.2, 0.25) is 5.02 Å². The van der Waals surface area contributed by atoms with Gasteiger partial charge in [-0.1, -0.05) is 23.7 Å². The molecule has 0 aromatic heterocycles. The van der Waals surface area contributed by atoms with Crippen LogP contribution >= 0.6 is 11.6 Å². The number of nitrogens with one attached hydrogen (secondary N) is 1. The fourth-order valence-corrected chi connectivity index (χ4v) is 3.72. The molecule has 0 spiro atoms. The molecule has 27 heavy (non-hydrogen) atoms. The molecule has 1 aromatic rings. The van der Waals surface area contributed by atoms with Gasteiger partial charge in [0.05, 0.1) is 0 Å². The van der Waals surface area contributed by atoms with Gasteiger partial charge in [0.2, 0.25) is 0 Å². The molecule has 3 rings (SSSR count). The molecule has 2 aliphatic heterocycles. The number of halogens is 1. The standard InChI is InChI=1S/C20H29ClN4O2/c1-22-20(23-10-2-4-16-6-8-17(21)9-7-16)25-13-11-24(12-14-25)19(26)18-5-3-15-27-18/h6-9,18H,2-5,10-15H2,1H3,(H,22,23). The van der Waals surface area contributed by atoms with Crippen LogP contribution in [0.5, 0.6) is 0 Å². The predicted octanol–water partition coefficient (Wildman–Crippen LogP) is 2.17. The van der Waals surface area contributed by atoms with Crippen molar-refractivity contribution in [3.8, 4) is 0 Å². The molecule has 2 heterocycles. The van der Waals surface area contributed by atoms with Crippen molar-refractivity contribution in [2.24, 2.45) is 4.99 Å². The highest BCUT2D eigenvalue weighted by atomic mass is 35.5. The average molecular weight is 393 g/mol. The Hall–Kier alpha value is -1.79. The van der Waals surface area contributed by atoms with Crippen molar-refractivity contribution in [1.29, 1.82) is 0 Å². The molecule has 0 saturated carbocycles. The molecule has 1 aromatic carbocycles. The number of guanidine groups is 1. The Bertz CT molecular complexity index is 636. The van der Waals surface area contributed by atoms with Crippen molar-refractivity contribution in [2.75, 3.05) is 46.4 Å². The zero-order valence-corrected chi connectivity index (χ0v) is 16.7. The molecule has 0 aliphatic carbocycles. The lowest BCUT2D eigenvalue weighted by Gasteiger charge is -2.37. The first-order valence-electron chi connectivity index (χ1n) is 9.78.